The van der Waals surface area contributed by atoms with Gasteiger partial charge in [0.2, 0.25) is 21.7 Å². The van der Waals surface area contributed by atoms with Crippen LogP contribution in [0.2, 0.25) is 0 Å². The second-order valence-electron chi connectivity index (χ2n) is 8.46. The van der Waals surface area contributed by atoms with Crippen LogP contribution in [0.1, 0.15) is 50.0 Å². The monoisotopic (exact) mass is 471 g/mol. The highest BCUT2D eigenvalue weighted by atomic mass is 32.2. The van der Waals surface area contributed by atoms with Crippen LogP contribution >= 0.6 is 0 Å². The van der Waals surface area contributed by atoms with Crippen molar-refractivity contribution >= 4 is 10.0 Å². The summed E-state index contributed by atoms with van der Waals surface area (Å²) in [4.78, 5) is 4.90. The van der Waals surface area contributed by atoms with Crippen molar-refractivity contribution in [3.63, 3.8) is 0 Å². The van der Waals surface area contributed by atoms with E-state index >= 15 is 0 Å². The van der Waals surface area contributed by atoms with Crippen molar-refractivity contribution in [1.29, 1.82) is 0 Å². The Morgan fingerprint density at radius 2 is 1.61 bits per heavy atom. The van der Waals surface area contributed by atoms with E-state index in [-0.39, 0.29) is 5.92 Å². The normalized spacial score (nSPS) is 15.7. The molecule has 9 heteroatoms. The average Bonchev–Trinajstić information content (AvgIpc) is 3.34. The number of hydrogen-bond donors (Lipinski definition) is 0. The van der Waals surface area contributed by atoms with Gasteiger partial charge in [-0.15, -0.1) is 0 Å². The van der Waals surface area contributed by atoms with E-state index in [0.717, 1.165) is 11.1 Å². The molecule has 1 saturated heterocycles. The quantitative estimate of drug-likeness (QED) is 0.502. The van der Waals surface area contributed by atoms with Crippen molar-refractivity contribution in [3.8, 4) is 22.9 Å². The first-order valence-electron chi connectivity index (χ1n) is 11.0. The van der Waals surface area contributed by atoms with Gasteiger partial charge < -0.3 is 14.0 Å². The number of benzene rings is 2. The van der Waals surface area contributed by atoms with Crippen molar-refractivity contribution in [2.45, 2.75) is 43.4 Å². The van der Waals surface area contributed by atoms with Crippen LogP contribution in [-0.2, 0) is 10.0 Å². The molecule has 0 amide bonds. The first kappa shape index (κ1) is 23.3. The number of methoxy groups -OCH3 is 2. The molecular weight excluding hydrogens is 442 g/mol. The molecule has 33 heavy (non-hydrogen) atoms. The number of ether oxygens (including phenoxy) is 2. The van der Waals surface area contributed by atoms with Crippen LogP contribution < -0.4 is 9.47 Å². The number of aromatic nitrogens is 2. The third-order valence-corrected chi connectivity index (χ3v) is 7.95. The Morgan fingerprint density at radius 3 is 2.15 bits per heavy atom. The minimum Gasteiger partial charge on any atom is -0.497 e. The number of sulfonamides is 1. The van der Waals surface area contributed by atoms with Crippen molar-refractivity contribution < 1.29 is 22.4 Å². The third kappa shape index (κ3) is 4.89. The van der Waals surface area contributed by atoms with Crippen LogP contribution in [-0.4, -0.2) is 50.2 Å². The van der Waals surface area contributed by atoms with E-state index in [0.29, 0.717) is 60.0 Å². The Balaban J connectivity index is 1.45. The van der Waals surface area contributed by atoms with E-state index in [1.54, 1.807) is 32.4 Å². The van der Waals surface area contributed by atoms with Crippen LogP contribution in [0.25, 0.3) is 11.4 Å². The molecular formula is C24H29N3O5S. The van der Waals surface area contributed by atoms with Gasteiger partial charge in [-0.1, -0.05) is 31.1 Å². The fraction of sp³-hybridized carbons (Fsp3) is 0.417. The molecule has 8 nitrogen and oxygen atoms in total. The predicted octanol–water partition coefficient (Wildman–Crippen LogP) is 4.45. The van der Waals surface area contributed by atoms with Gasteiger partial charge in [-0.25, -0.2) is 8.42 Å². The molecule has 1 aromatic heterocycles. The van der Waals surface area contributed by atoms with Crippen LogP contribution in [0, 0.1) is 0 Å². The molecule has 3 aromatic rings. The molecule has 0 aliphatic carbocycles. The molecule has 0 bridgehead atoms. The molecule has 176 valence electrons. The maximum absolute atomic E-state index is 13.1. The van der Waals surface area contributed by atoms with Crippen molar-refractivity contribution in [3.05, 3.63) is 53.9 Å². The molecule has 0 atom stereocenters. The highest BCUT2D eigenvalue weighted by Gasteiger charge is 2.32. The molecule has 0 spiro atoms. The summed E-state index contributed by atoms with van der Waals surface area (Å²) in [5.74, 6) is 2.60. The molecule has 1 aliphatic rings. The van der Waals surface area contributed by atoms with Gasteiger partial charge in [-0.3, -0.25) is 0 Å². The van der Waals surface area contributed by atoms with Crippen LogP contribution in [0.15, 0.2) is 51.9 Å². The van der Waals surface area contributed by atoms with E-state index in [1.165, 1.54) is 4.31 Å². The summed E-state index contributed by atoms with van der Waals surface area (Å²) in [6.45, 7) is 4.98. The Hall–Kier alpha value is -2.91. The van der Waals surface area contributed by atoms with E-state index in [2.05, 4.69) is 24.0 Å². The second kappa shape index (κ2) is 9.52. The lowest BCUT2D eigenvalue weighted by molar-refractivity contribution is 0.271. The van der Waals surface area contributed by atoms with Crippen molar-refractivity contribution in [2.24, 2.45) is 0 Å². The van der Waals surface area contributed by atoms with Gasteiger partial charge in [0.25, 0.3) is 0 Å². The van der Waals surface area contributed by atoms with E-state index in [1.807, 2.05) is 24.3 Å². The van der Waals surface area contributed by atoms with Gasteiger partial charge in [0.1, 0.15) is 11.5 Å². The van der Waals surface area contributed by atoms with E-state index < -0.39 is 10.0 Å². The minimum atomic E-state index is -3.52. The fourth-order valence-corrected chi connectivity index (χ4v) is 5.44. The molecule has 1 fully saturated rings. The highest BCUT2D eigenvalue weighted by Crippen LogP contribution is 2.33. The van der Waals surface area contributed by atoms with Gasteiger partial charge in [0, 0.05) is 30.6 Å². The summed E-state index contributed by atoms with van der Waals surface area (Å²) in [5.41, 5.74) is 1.85. The Kier molecular flexibility index (Phi) is 6.71. The molecule has 2 heterocycles. The predicted molar refractivity (Wildman–Crippen MR) is 124 cm³/mol. The van der Waals surface area contributed by atoms with Crippen molar-refractivity contribution in [1.82, 2.24) is 14.4 Å². The summed E-state index contributed by atoms with van der Waals surface area (Å²) in [7, 11) is -0.356. The number of nitrogens with zero attached hydrogens (tertiary/aromatic N) is 3. The lowest BCUT2D eigenvalue weighted by atomic mass is 9.98. The van der Waals surface area contributed by atoms with E-state index in [9.17, 15) is 8.42 Å². The summed E-state index contributed by atoms with van der Waals surface area (Å²) in [6.07, 6.45) is 1.23. The zero-order chi connectivity index (χ0) is 23.6. The summed E-state index contributed by atoms with van der Waals surface area (Å²) in [5, 5.41) is 4.12. The smallest absolute Gasteiger partial charge is 0.243 e. The van der Waals surface area contributed by atoms with E-state index in [4.69, 9.17) is 14.0 Å². The first-order chi connectivity index (χ1) is 15.8. The number of piperidine rings is 1. The van der Waals surface area contributed by atoms with Crippen molar-refractivity contribution in [2.75, 3.05) is 27.3 Å². The highest BCUT2D eigenvalue weighted by molar-refractivity contribution is 7.89. The molecule has 0 saturated carbocycles. The van der Waals surface area contributed by atoms with Gasteiger partial charge in [0.05, 0.1) is 19.1 Å². The molecule has 0 unspecified atom stereocenters. The zero-order valence-corrected chi connectivity index (χ0v) is 20.1. The SMILES string of the molecule is COc1cc(OC)cc(-c2noc(C3CCN(S(=O)(=O)c4ccc(C(C)C)cc4)CC3)n2)c1. The van der Waals surface area contributed by atoms with Crippen LogP contribution in [0.3, 0.4) is 0 Å². The standard InChI is InChI=1S/C24H29N3O5S/c1-16(2)17-5-7-22(8-6-17)33(28,29)27-11-9-18(10-12-27)24-25-23(26-32-24)19-13-20(30-3)15-21(14-19)31-4/h5-8,13-16,18H,9-12H2,1-4H3. The van der Waals surface area contributed by atoms with Gasteiger partial charge in [-0.05, 0) is 48.6 Å². The Morgan fingerprint density at radius 1 is 1.00 bits per heavy atom. The molecule has 1 aliphatic heterocycles. The molecule has 4 rings (SSSR count). The molecule has 0 radical (unpaired) electrons. The van der Waals surface area contributed by atoms with Gasteiger partial charge in [-0.2, -0.15) is 9.29 Å². The Bertz CT molecular complexity index is 1170. The number of hydrogen-bond acceptors (Lipinski definition) is 7. The summed E-state index contributed by atoms with van der Waals surface area (Å²) >= 11 is 0. The lowest BCUT2D eigenvalue weighted by Gasteiger charge is -2.29. The fourth-order valence-electron chi connectivity index (χ4n) is 3.97. The van der Waals surface area contributed by atoms with Crippen LogP contribution in [0.5, 0.6) is 11.5 Å². The molecule has 2 aromatic carbocycles. The topological polar surface area (TPSA) is 94.8 Å². The minimum absolute atomic E-state index is 0.00789. The van der Waals surface area contributed by atoms with Gasteiger partial charge >= 0.3 is 0 Å². The maximum atomic E-state index is 13.1. The van der Waals surface area contributed by atoms with Gasteiger partial charge in [0.15, 0.2) is 0 Å². The second-order valence-corrected chi connectivity index (χ2v) is 10.4. The summed E-state index contributed by atoms with van der Waals surface area (Å²) < 4.78 is 43.8. The lowest BCUT2D eigenvalue weighted by Crippen LogP contribution is -2.37. The number of rotatable bonds is 7. The average molecular weight is 472 g/mol. The van der Waals surface area contributed by atoms with Crippen LogP contribution in [0.4, 0.5) is 0 Å². The maximum Gasteiger partial charge on any atom is 0.243 e. The third-order valence-electron chi connectivity index (χ3n) is 6.04. The first-order valence-corrected chi connectivity index (χ1v) is 12.4. The Labute approximate surface area is 194 Å². The largest absolute Gasteiger partial charge is 0.497 e. The molecule has 0 N–H and O–H groups in total. The summed E-state index contributed by atoms with van der Waals surface area (Å²) in [6, 6.07) is 12.6. The zero-order valence-electron chi connectivity index (χ0n) is 19.3.